The first-order chi connectivity index (χ1) is 3.68. The van der Waals surface area contributed by atoms with Crippen molar-refractivity contribution < 1.29 is 4.89 Å². The van der Waals surface area contributed by atoms with Crippen LogP contribution in [0, 0.1) is 5.41 Å². The number of hydrogen-bond acceptors (Lipinski definition) is 2. The fourth-order valence-corrected chi connectivity index (χ4v) is 0.574. The molecule has 0 amide bonds. The molecule has 0 aromatic carbocycles. The minimum atomic E-state index is -0.164. The van der Waals surface area contributed by atoms with Gasteiger partial charge in [-0.15, -0.1) is 0 Å². The van der Waals surface area contributed by atoms with Gasteiger partial charge in [-0.25, -0.2) is 0 Å². The zero-order chi connectivity index (χ0) is 6.57. The highest BCUT2D eigenvalue weighted by molar-refractivity contribution is 7.30. The summed E-state index contributed by atoms with van der Waals surface area (Å²) in [5.41, 5.74) is 5.02. The third kappa shape index (κ3) is 2.77. The smallest absolute Gasteiger partial charge is 0.188 e. The van der Waals surface area contributed by atoms with E-state index >= 15 is 0 Å². The highest BCUT2D eigenvalue weighted by Gasteiger charge is 1.94. The van der Waals surface area contributed by atoms with Crippen molar-refractivity contribution in [1.29, 1.82) is 5.41 Å². The second-order valence-corrected chi connectivity index (χ2v) is 2.03. The molecule has 0 aliphatic carbocycles. The number of guanidine groups is 1. The highest BCUT2D eigenvalue weighted by atomic mass is 31.1. The maximum Gasteiger partial charge on any atom is 0.188 e. The second kappa shape index (κ2) is 3.64. The van der Waals surface area contributed by atoms with Crippen LogP contribution in [0.5, 0.6) is 0 Å². The maximum atomic E-state index is 8.32. The lowest BCUT2D eigenvalue weighted by atomic mass is 10.8. The van der Waals surface area contributed by atoms with Crippen LogP contribution >= 0.6 is 8.81 Å². The Morgan fingerprint density at radius 2 is 2.50 bits per heavy atom. The van der Waals surface area contributed by atoms with E-state index in [1.807, 2.05) is 0 Å². The number of hydrogen-bond donors (Lipinski definition) is 3. The van der Waals surface area contributed by atoms with E-state index in [9.17, 15) is 0 Å². The van der Waals surface area contributed by atoms with Crippen LogP contribution in [0.1, 0.15) is 0 Å². The molecule has 0 saturated heterocycles. The van der Waals surface area contributed by atoms with Crippen LogP contribution in [0.2, 0.25) is 0 Å². The Morgan fingerprint density at radius 1 is 2.00 bits per heavy atom. The van der Waals surface area contributed by atoms with Crippen LogP contribution in [0.4, 0.5) is 0 Å². The van der Waals surface area contributed by atoms with E-state index in [1.165, 1.54) is 4.90 Å². The summed E-state index contributed by atoms with van der Waals surface area (Å²) in [6.07, 6.45) is 0.454. The van der Waals surface area contributed by atoms with E-state index in [4.69, 9.17) is 16.0 Å². The summed E-state index contributed by atoms with van der Waals surface area (Å²) in [6.45, 7) is 0. The van der Waals surface area contributed by atoms with Gasteiger partial charge in [0.25, 0.3) is 0 Å². The van der Waals surface area contributed by atoms with Crippen molar-refractivity contribution in [2.75, 3.05) is 13.3 Å². The summed E-state index contributed by atoms with van der Waals surface area (Å²) >= 11 is 0. The molecule has 0 spiro atoms. The predicted molar refractivity (Wildman–Crippen MR) is 35.1 cm³/mol. The van der Waals surface area contributed by atoms with Gasteiger partial charge in [-0.2, -0.15) is 0 Å². The summed E-state index contributed by atoms with van der Waals surface area (Å²) in [7, 11) is 1.49. The van der Waals surface area contributed by atoms with Gasteiger partial charge >= 0.3 is 0 Å². The number of nitrogens with one attached hydrogen (secondary N) is 1. The standard InChI is InChI=1S/C3H10N3OP/c1-6(2-8-7)3(4)5/h7-8H,2H2,1H3,(H3,4,5). The molecule has 0 aromatic heterocycles. The zero-order valence-electron chi connectivity index (χ0n) is 4.68. The van der Waals surface area contributed by atoms with Crippen LogP contribution in [0.25, 0.3) is 0 Å². The van der Waals surface area contributed by atoms with Crippen LogP contribution < -0.4 is 5.73 Å². The van der Waals surface area contributed by atoms with Gasteiger partial charge in [-0.05, 0) is 0 Å². The first-order valence-electron chi connectivity index (χ1n) is 2.10. The molecule has 4 nitrogen and oxygen atoms in total. The van der Waals surface area contributed by atoms with E-state index in [0.717, 1.165) is 0 Å². The van der Waals surface area contributed by atoms with Gasteiger partial charge in [0.1, 0.15) is 0 Å². The molecule has 0 aromatic rings. The molecule has 0 heterocycles. The molecule has 1 atom stereocenters. The lowest BCUT2D eigenvalue weighted by Crippen LogP contribution is -2.31. The quantitative estimate of drug-likeness (QED) is 0.268. The fourth-order valence-electron chi connectivity index (χ4n) is 0.191. The minimum absolute atomic E-state index is 0.00782. The Labute approximate surface area is 50.0 Å². The summed E-state index contributed by atoms with van der Waals surface area (Å²) in [6, 6.07) is 0. The van der Waals surface area contributed by atoms with Gasteiger partial charge in [0.2, 0.25) is 0 Å². The van der Waals surface area contributed by atoms with Crippen molar-refractivity contribution >= 4 is 14.8 Å². The molecular weight excluding hydrogens is 125 g/mol. The van der Waals surface area contributed by atoms with Crippen LogP contribution in [-0.4, -0.2) is 29.1 Å². The molecule has 48 valence electrons. The molecule has 1 unspecified atom stereocenters. The summed E-state index contributed by atoms with van der Waals surface area (Å²) < 4.78 is 0. The van der Waals surface area contributed by atoms with Gasteiger partial charge in [-0.1, -0.05) is 0 Å². The van der Waals surface area contributed by atoms with E-state index in [1.54, 1.807) is 7.05 Å². The van der Waals surface area contributed by atoms with Gasteiger partial charge in [-0.3, -0.25) is 5.41 Å². The molecule has 0 aliphatic rings. The largest absolute Gasteiger partial charge is 0.375 e. The summed E-state index contributed by atoms with van der Waals surface area (Å²) in [5, 5.41) is 6.80. The lowest BCUT2D eigenvalue weighted by molar-refractivity contribution is 0.551. The van der Waals surface area contributed by atoms with Crippen molar-refractivity contribution in [3.8, 4) is 0 Å². The third-order valence-corrected chi connectivity index (χ3v) is 1.33. The molecular formula is C3H10N3OP. The Balaban J connectivity index is 3.32. The normalized spacial score (nSPS) is 10.2. The molecule has 0 aliphatic heterocycles. The Kier molecular flexibility index (Phi) is 3.48. The fraction of sp³-hybridized carbons (Fsp3) is 0.667. The Hall–Kier alpha value is -0.340. The van der Waals surface area contributed by atoms with Crippen LogP contribution in [0.15, 0.2) is 0 Å². The van der Waals surface area contributed by atoms with Crippen molar-refractivity contribution in [3.05, 3.63) is 0 Å². The second-order valence-electron chi connectivity index (χ2n) is 1.40. The van der Waals surface area contributed by atoms with Crippen molar-refractivity contribution in [3.63, 3.8) is 0 Å². The average Bonchev–Trinajstić information content (AvgIpc) is 1.67. The summed E-state index contributed by atoms with van der Waals surface area (Å²) in [4.78, 5) is 9.79. The van der Waals surface area contributed by atoms with Gasteiger partial charge in [0.05, 0.1) is 6.29 Å². The molecule has 4 N–H and O–H groups in total. The van der Waals surface area contributed by atoms with Crippen molar-refractivity contribution in [2.45, 2.75) is 0 Å². The zero-order valence-corrected chi connectivity index (χ0v) is 5.68. The maximum absolute atomic E-state index is 8.32. The van der Waals surface area contributed by atoms with E-state index < -0.39 is 0 Å². The number of rotatable bonds is 2. The molecule has 5 heteroatoms. The summed E-state index contributed by atoms with van der Waals surface area (Å²) in [5.74, 6) is -0.00782. The van der Waals surface area contributed by atoms with Crippen LogP contribution in [0.3, 0.4) is 0 Å². The Morgan fingerprint density at radius 3 is 2.62 bits per heavy atom. The monoisotopic (exact) mass is 135 g/mol. The first-order valence-corrected chi connectivity index (χ1v) is 3.26. The molecule has 0 bridgehead atoms. The highest BCUT2D eigenvalue weighted by Crippen LogP contribution is 2.00. The first kappa shape index (κ1) is 7.66. The van der Waals surface area contributed by atoms with Crippen molar-refractivity contribution in [1.82, 2.24) is 4.90 Å². The van der Waals surface area contributed by atoms with Gasteiger partial charge in [0, 0.05) is 15.9 Å². The van der Waals surface area contributed by atoms with Gasteiger partial charge < -0.3 is 15.5 Å². The number of nitrogens with zero attached hydrogens (tertiary/aromatic N) is 1. The topological polar surface area (TPSA) is 73.3 Å². The number of nitrogens with two attached hydrogens (primary N) is 1. The average molecular weight is 135 g/mol. The SMILES string of the molecule is CN(CPO)C(=N)N. The van der Waals surface area contributed by atoms with Gasteiger partial charge in [0.15, 0.2) is 5.96 Å². The molecule has 8 heavy (non-hydrogen) atoms. The third-order valence-electron chi connectivity index (χ3n) is 0.719. The van der Waals surface area contributed by atoms with Crippen molar-refractivity contribution in [2.24, 2.45) is 5.73 Å². The van der Waals surface area contributed by atoms with E-state index in [-0.39, 0.29) is 14.8 Å². The van der Waals surface area contributed by atoms with E-state index in [0.29, 0.717) is 6.29 Å². The minimum Gasteiger partial charge on any atom is -0.375 e. The Bertz CT molecular complexity index is 86.6. The predicted octanol–water partition coefficient (Wildman–Crippen LogP) is -0.645. The molecule has 0 radical (unpaired) electrons. The molecule has 0 saturated carbocycles. The van der Waals surface area contributed by atoms with E-state index in [2.05, 4.69) is 0 Å². The molecule has 0 rings (SSSR count). The lowest BCUT2D eigenvalue weighted by Gasteiger charge is -2.13. The molecule has 0 fully saturated rings. The van der Waals surface area contributed by atoms with Crippen LogP contribution in [-0.2, 0) is 0 Å².